The molecule has 124 valence electrons. The molecule has 0 saturated heterocycles. The molecule has 0 saturated carbocycles. The second kappa shape index (κ2) is 9.38. The molecule has 0 spiro atoms. The Labute approximate surface area is 131 Å². The maximum absolute atomic E-state index is 12.8. The van der Waals surface area contributed by atoms with E-state index in [0.29, 0.717) is 25.4 Å². The number of benzene rings is 1. The fourth-order valence-electron chi connectivity index (χ4n) is 2.11. The van der Waals surface area contributed by atoms with Gasteiger partial charge in [-0.25, -0.2) is 4.39 Å². The summed E-state index contributed by atoms with van der Waals surface area (Å²) in [6.45, 7) is 5.91. The van der Waals surface area contributed by atoms with Crippen molar-refractivity contribution in [3.63, 3.8) is 0 Å². The van der Waals surface area contributed by atoms with Crippen LogP contribution in [-0.2, 0) is 4.79 Å². The number of hydrogen-bond acceptors (Lipinski definition) is 4. The molecule has 5 nitrogen and oxygen atoms in total. The van der Waals surface area contributed by atoms with Crippen molar-refractivity contribution in [2.45, 2.75) is 20.0 Å². The summed E-state index contributed by atoms with van der Waals surface area (Å²) in [6, 6.07) is 5.62. The van der Waals surface area contributed by atoms with Gasteiger partial charge in [-0.2, -0.15) is 0 Å². The van der Waals surface area contributed by atoms with Crippen LogP contribution in [0, 0.1) is 5.82 Å². The molecule has 6 heteroatoms. The molecule has 0 bridgehead atoms. The number of aliphatic hydroxyl groups is 1. The Kier molecular flexibility index (Phi) is 7.84. The van der Waals surface area contributed by atoms with Crippen molar-refractivity contribution in [3.8, 4) is 5.75 Å². The summed E-state index contributed by atoms with van der Waals surface area (Å²) in [6.07, 6.45) is -0.723. The molecule has 0 aliphatic carbocycles. The number of nitrogens with zero attached hydrogens (tertiary/aromatic N) is 2. The van der Waals surface area contributed by atoms with E-state index in [-0.39, 0.29) is 24.9 Å². The van der Waals surface area contributed by atoms with Gasteiger partial charge >= 0.3 is 0 Å². The Morgan fingerprint density at radius 1 is 1.27 bits per heavy atom. The second-order valence-corrected chi connectivity index (χ2v) is 5.18. The highest BCUT2D eigenvalue weighted by Gasteiger charge is 2.15. The maximum atomic E-state index is 12.8. The Balaban J connectivity index is 2.33. The van der Waals surface area contributed by atoms with Gasteiger partial charge in [-0.1, -0.05) is 0 Å². The smallest absolute Gasteiger partial charge is 0.236 e. The van der Waals surface area contributed by atoms with Gasteiger partial charge in [0.25, 0.3) is 0 Å². The minimum atomic E-state index is -0.723. The molecular weight excluding hydrogens is 287 g/mol. The molecule has 1 rings (SSSR count). The van der Waals surface area contributed by atoms with E-state index in [1.807, 2.05) is 13.8 Å². The highest BCUT2D eigenvalue weighted by atomic mass is 19.1. The number of carbonyl (C=O) groups excluding carboxylic acids is 1. The largest absolute Gasteiger partial charge is 0.491 e. The summed E-state index contributed by atoms with van der Waals surface area (Å²) in [5.41, 5.74) is 0. The zero-order chi connectivity index (χ0) is 16.5. The lowest BCUT2D eigenvalue weighted by atomic mass is 10.3. The molecule has 1 atom stereocenters. The Morgan fingerprint density at radius 3 is 2.41 bits per heavy atom. The van der Waals surface area contributed by atoms with Crippen LogP contribution in [0.2, 0.25) is 0 Å². The van der Waals surface area contributed by atoms with Crippen LogP contribution in [0.25, 0.3) is 0 Å². The summed E-state index contributed by atoms with van der Waals surface area (Å²) < 4.78 is 18.1. The Bertz CT molecular complexity index is 449. The zero-order valence-corrected chi connectivity index (χ0v) is 13.5. The third-order valence-corrected chi connectivity index (χ3v) is 3.30. The number of halogens is 1. The van der Waals surface area contributed by atoms with E-state index in [9.17, 15) is 14.3 Å². The predicted molar refractivity (Wildman–Crippen MR) is 83.3 cm³/mol. The minimum absolute atomic E-state index is 0.0409. The Hall–Kier alpha value is -1.66. The summed E-state index contributed by atoms with van der Waals surface area (Å²) in [5.74, 6) is 0.212. The SMILES string of the molecule is CCN(CC)C(=O)CN(C)C[C@@H](O)COc1ccc(F)cc1. The van der Waals surface area contributed by atoms with Crippen LogP contribution in [0.1, 0.15) is 13.8 Å². The number of hydrogen-bond donors (Lipinski definition) is 1. The first-order valence-corrected chi connectivity index (χ1v) is 7.49. The molecule has 1 amide bonds. The quantitative estimate of drug-likeness (QED) is 0.748. The third kappa shape index (κ3) is 6.41. The van der Waals surface area contributed by atoms with Crippen LogP contribution in [0.4, 0.5) is 4.39 Å². The highest BCUT2D eigenvalue weighted by molar-refractivity contribution is 5.78. The zero-order valence-electron chi connectivity index (χ0n) is 13.5. The summed E-state index contributed by atoms with van der Waals surface area (Å²) >= 11 is 0. The number of ether oxygens (including phenoxy) is 1. The van der Waals surface area contributed by atoms with Gasteiger partial charge in [0.2, 0.25) is 5.91 Å². The third-order valence-electron chi connectivity index (χ3n) is 3.30. The fraction of sp³-hybridized carbons (Fsp3) is 0.562. The van der Waals surface area contributed by atoms with E-state index in [2.05, 4.69) is 0 Å². The van der Waals surface area contributed by atoms with Crippen molar-refractivity contribution in [2.24, 2.45) is 0 Å². The molecule has 0 radical (unpaired) electrons. The number of carbonyl (C=O) groups is 1. The van der Waals surface area contributed by atoms with Crippen molar-refractivity contribution in [2.75, 3.05) is 39.8 Å². The topological polar surface area (TPSA) is 53.0 Å². The van der Waals surface area contributed by atoms with Gasteiger partial charge in [-0.15, -0.1) is 0 Å². The number of rotatable bonds is 9. The standard InChI is InChI=1S/C16H25FN2O3/c1-4-19(5-2)16(21)11-18(3)10-14(20)12-22-15-8-6-13(17)7-9-15/h6-9,14,20H,4-5,10-12H2,1-3H3/t14-/m1/s1. The Morgan fingerprint density at radius 2 is 1.86 bits per heavy atom. The van der Waals surface area contributed by atoms with E-state index in [4.69, 9.17) is 4.74 Å². The first kappa shape index (κ1) is 18.4. The van der Waals surface area contributed by atoms with E-state index >= 15 is 0 Å². The molecule has 1 aromatic carbocycles. The van der Waals surface area contributed by atoms with Gasteiger partial charge in [0.15, 0.2) is 0 Å². The van der Waals surface area contributed by atoms with Crippen molar-refractivity contribution < 1.29 is 19.0 Å². The second-order valence-electron chi connectivity index (χ2n) is 5.18. The van der Waals surface area contributed by atoms with Gasteiger partial charge < -0.3 is 14.7 Å². The van der Waals surface area contributed by atoms with Gasteiger partial charge in [0, 0.05) is 19.6 Å². The van der Waals surface area contributed by atoms with Crippen LogP contribution >= 0.6 is 0 Å². The molecule has 0 aliphatic rings. The minimum Gasteiger partial charge on any atom is -0.491 e. The van der Waals surface area contributed by atoms with E-state index < -0.39 is 6.10 Å². The summed E-state index contributed by atoms with van der Waals surface area (Å²) in [7, 11) is 1.78. The summed E-state index contributed by atoms with van der Waals surface area (Å²) in [4.78, 5) is 15.5. The van der Waals surface area contributed by atoms with Crippen LogP contribution in [-0.4, -0.2) is 66.8 Å². The molecule has 0 heterocycles. The number of likely N-dealkylation sites (N-methyl/N-ethyl adjacent to an activating group) is 2. The van der Waals surface area contributed by atoms with Crippen LogP contribution in [0.5, 0.6) is 5.75 Å². The lowest BCUT2D eigenvalue weighted by Crippen LogP contribution is -2.42. The average Bonchev–Trinajstić information content (AvgIpc) is 2.47. The van der Waals surface area contributed by atoms with E-state index in [1.54, 1.807) is 16.8 Å². The first-order chi connectivity index (χ1) is 10.5. The van der Waals surface area contributed by atoms with Crippen molar-refractivity contribution in [1.29, 1.82) is 0 Å². The van der Waals surface area contributed by atoms with Crippen LogP contribution in [0.3, 0.4) is 0 Å². The van der Waals surface area contributed by atoms with Crippen molar-refractivity contribution in [1.82, 2.24) is 9.80 Å². The molecule has 0 aliphatic heterocycles. The monoisotopic (exact) mass is 312 g/mol. The fourth-order valence-corrected chi connectivity index (χ4v) is 2.11. The predicted octanol–water partition coefficient (Wildman–Crippen LogP) is 1.37. The molecular formula is C16H25FN2O3. The average molecular weight is 312 g/mol. The van der Waals surface area contributed by atoms with Gasteiger partial charge in [-0.3, -0.25) is 9.69 Å². The van der Waals surface area contributed by atoms with E-state index in [1.165, 1.54) is 24.3 Å². The normalized spacial score (nSPS) is 12.3. The molecule has 0 fully saturated rings. The first-order valence-electron chi connectivity index (χ1n) is 7.49. The van der Waals surface area contributed by atoms with Crippen LogP contribution in [0.15, 0.2) is 24.3 Å². The van der Waals surface area contributed by atoms with Crippen molar-refractivity contribution in [3.05, 3.63) is 30.1 Å². The van der Waals surface area contributed by atoms with Crippen LogP contribution < -0.4 is 4.74 Å². The number of aliphatic hydroxyl groups excluding tert-OH is 1. The van der Waals surface area contributed by atoms with Gasteiger partial charge in [0.05, 0.1) is 6.54 Å². The lowest BCUT2D eigenvalue weighted by molar-refractivity contribution is -0.132. The van der Waals surface area contributed by atoms with Gasteiger partial charge in [-0.05, 0) is 45.2 Å². The highest BCUT2D eigenvalue weighted by Crippen LogP contribution is 2.11. The maximum Gasteiger partial charge on any atom is 0.236 e. The molecule has 22 heavy (non-hydrogen) atoms. The molecule has 1 N–H and O–H groups in total. The lowest BCUT2D eigenvalue weighted by Gasteiger charge is -2.24. The molecule has 0 aromatic heterocycles. The molecule has 1 aromatic rings. The van der Waals surface area contributed by atoms with E-state index in [0.717, 1.165) is 0 Å². The summed E-state index contributed by atoms with van der Waals surface area (Å²) in [5, 5.41) is 9.94. The number of amides is 1. The van der Waals surface area contributed by atoms with Gasteiger partial charge in [0.1, 0.15) is 24.3 Å². The van der Waals surface area contributed by atoms with Crippen molar-refractivity contribution >= 4 is 5.91 Å². The molecule has 0 unspecified atom stereocenters.